The van der Waals surface area contributed by atoms with Crippen molar-refractivity contribution in [3.8, 4) is 5.75 Å². The molecule has 0 aliphatic carbocycles. The van der Waals surface area contributed by atoms with E-state index in [0.29, 0.717) is 16.1 Å². The maximum Gasteiger partial charge on any atom is 0.333 e. The van der Waals surface area contributed by atoms with Crippen molar-refractivity contribution < 1.29 is 19.4 Å². The van der Waals surface area contributed by atoms with E-state index in [-0.39, 0.29) is 17.9 Å². The Bertz CT molecular complexity index is 743. The lowest BCUT2D eigenvalue weighted by Gasteiger charge is -2.18. The van der Waals surface area contributed by atoms with Gasteiger partial charge in [-0.15, -0.1) is 0 Å². The molecule has 0 radical (unpaired) electrons. The number of carbonyl (C=O) groups is 2. The quantitative estimate of drug-likeness (QED) is 0.813. The van der Waals surface area contributed by atoms with Crippen LogP contribution >= 0.6 is 11.6 Å². The van der Waals surface area contributed by atoms with Crippen LogP contribution in [-0.4, -0.2) is 23.6 Å². The Morgan fingerprint density at radius 2 is 1.88 bits per heavy atom. The molecule has 0 aliphatic heterocycles. The van der Waals surface area contributed by atoms with E-state index < -0.39 is 17.9 Å². The second-order valence-electron chi connectivity index (χ2n) is 5.21. The molecule has 0 heterocycles. The zero-order valence-electron chi connectivity index (χ0n) is 13.4. The molecule has 2 aromatic carbocycles. The highest BCUT2D eigenvalue weighted by Crippen LogP contribution is 2.21. The summed E-state index contributed by atoms with van der Waals surface area (Å²) in [4.78, 5) is 24.6. The Morgan fingerprint density at radius 3 is 2.46 bits per heavy atom. The van der Waals surface area contributed by atoms with Gasteiger partial charge in [0, 0.05) is 10.6 Å². The lowest BCUT2D eigenvalue weighted by Crippen LogP contribution is -2.35. The predicted molar refractivity (Wildman–Crippen MR) is 91.1 cm³/mol. The van der Waals surface area contributed by atoms with Crippen LogP contribution in [0.5, 0.6) is 5.75 Å². The molecule has 5 nitrogen and oxygen atoms in total. The molecule has 0 aliphatic rings. The number of nitrogens with one attached hydrogen (secondary N) is 1. The molecule has 1 atom stereocenters. The van der Waals surface area contributed by atoms with Gasteiger partial charge in [-0.2, -0.15) is 0 Å². The van der Waals surface area contributed by atoms with E-state index in [1.807, 2.05) is 0 Å². The average Bonchev–Trinajstić information content (AvgIpc) is 2.56. The van der Waals surface area contributed by atoms with Crippen LogP contribution in [0.1, 0.15) is 34.5 Å². The van der Waals surface area contributed by atoms with Gasteiger partial charge in [-0.05, 0) is 49.2 Å². The number of esters is 1. The first-order chi connectivity index (χ1) is 11.4. The van der Waals surface area contributed by atoms with E-state index in [4.69, 9.17) is 16.3 Å². The summed E-state index contributed by atoms with van der Waals surface area (Å²) in [6.45, 7) is 3.62. The molecule has 1 unspecified atom stereocenters. The number of amides is 1. The van der Waals surface area contributed by atoms with Crippen molar-refractivity contribution in [2.45, 2.75) is 19.9 Å². The van der Waals surface area contributed by atoms with Gasteiger partial charge in [0.1, 0.15) is 5.75 Å². The number of benzene rings is 2. The molecule has 6 heteroatoms. The molecule has 24 heavy (non-hydrogen) atoms. The molecule has 0 saturated carbocycles. The Balaban J connectivity index is 2.26. The molecular formula is C18H18ClNO4. The van der Waals surface area contributed by atoms with Gasteiger partial charge in [-0.3, -0.25) is 4.79 Å². The second kappa shape index (κ2) is 7.84. The van der Waals surface area contributed by atoms with Crippen LogP contribution in [0, 0.1) is 6.92 Å². The smallest absolute Gasteiger partial charge is 0.333 e. The summed E-state index contributed by atoms with van der Waals surface area (Å²) in [5.74, 6) is -1.04. The highest BCUT2D eigenvalue weighted by atomic mass is 35.5. The number of rotatable bonds is 5. The summed E-state index contributed by atoms with van der Waals surface area (Å²) < 4.78 is 5.03. The number of aryl methyl sites for hydroxylation is 1. The summed E-state index contributed by atoms with van der Waals surface area (Å²) in [6.07, 6.45) is 0. The van der Waals surface area contributed by atoms with Crippen LogP contribution in [-0.2, 0) is 9.53 Å². The standard InChI is InChI=1S/C18H18ClNO4/c1-3-24-18(23)16(12-6-8-14(19)9-7-12)20-17(22)13-5-4-11(2)15(21)10-13/h4-10,16,21H,3H2,1-2H3,(H,20,22). The number of hydrogen-bond donors (Lipinski definition) is 2. The van der Waals surface area contributed by atoms with Gasteiger partial charge in [-0.25, -0.2) is 4.79 Å². The van der Waals surface area contributed by atoms with Crippen molar-refractivity contribution in [2.24, 2.45) is 0 Å². The minimum absolute atomic E-state index is 0.0156. The molecule has 2 aromatic rings. The molecule has 0 aromatic heterocycles. The van der Waals surface area contributed by atoms with Crippen molar-refractivity contribution in [1.29, 1.82) is 0 Å². The van der Waals surface area contributed by atoms with E-state index in [1.54, 1.807) is 50.2 Å². The Labute approximate surface area is 145 Å². The van der Waals surface area contributed by atoms with Crippen molar-refractivity contribution in [1.82, 2.24) is 5.32 Å². The van der Waals surface area contributed by atoms with Gasteiger partial charge in [-0.1, -0.05) is 29.8 Å². The first-order valence-electron chi connectivity index (χ1n) is 7.45. The molecule has 0 spiro atoms. The largest absolute Gasteiger partial charge is 0.508 e. The first-order valence-corrected chi connectivity index (χ1v) is 7.82. The molecular weight excluding hydrogens is 330 g/mol. The maximum atomic E-state index is 12.4. The second-order valence-corrected chi connectivity index (χ2v) is 5.65. The monoisotopic (exact) mass is 347 g/mol. The summed E-state index contributed by atoms with van der Waals surface area (Å²) in [6, 6.07) is 10.2. The average molecular weight is 348 g/mol. The van der Waals surface area contributed by atoms with E-state index in [9.17, 15) is 14.7 Å². The van der Waals surface area contributed by atoms with Crippen molar-refractivity contribution in [2.75, 3.05) is 6.61 Å². The number of hydrogen-bond acceptors (Lipinski definition) is 4. The third-order valence-electron chi connectivity index (χ3n) is 3.47. The summed E-state index contributed by atoms with van der Waals surface area (Å²) in [5.41, 5.74) is 1.47. The van der Waals surface area contributed by atoms with Crippen LogP contribution in [0.25, 0.3) is 0 Å². The van der Waals surface area contributed by atoms with Gasteiger partial charge in [0.05, 0.1) is 6.61 Å². The number of phenolic OH excluding ortho intramolecular Hbond substituents is 1. The first kappa shape index (κ1) is 17.8. The van der Waals surface area contributed by atoms with E-state index in [1.165, 1.54) is 6.07 Å². The van der Waals surface area contributed by atoms with Gasteiger partial charge in [0.2, 0.25) is 0 Å². The van der Waals surface area contributed by atoms with Gasteiger partial charge < -0.3 is 15.2 Å². The van der Waals surface area contributed by atoms with Crippen LogP contribution in [0.2, 0.25) is 5.02 Å². The third kappa shape index (κ3) is 4.26. The molecule has 0 fully saturated rings. The van der Waals surface area contributed by atoms with Crippen molar-refractivity contribution in [3.05, 3.63) is 64.2 Å². The summed E-state index contributed by atoms with van der Waals surface area (Å²) in [7, 11) is 0. The number of phenols is 1. The van der Waals surface area contributed by atoms with Gasteiger partial charge in [0.25, 0.3) is 5.91 Å². The van der Waals surface area contributed by atoms with Crippen molar-refractivity contribution in [3.63, 3.8) is 0 Å². The zero-order chi connectivity index (χ0) is 17.7. The third-order valence-corrected chi connectivity index (χ3v) is 3.72. The van der Waals surface area contributed by atoms with Crippen LogP contribution in [0.3, 0.4) is 0 Å². The SMILES string of the molecule is CCOC(=O)C(NC(=O)c1ccc(C)c(O)c1)c1ccc(Cl)cc1. The molecule has 2 N–H and O–H groups in total. The fourth-order valence-electron chi connectivity index (χ4n) is 2.12. The fraction of sp³-hybridized carbons (Fsp3) is 0.222. The predicted octanol–water partition coefficient (Wildman–Crippen LogP) is 3.39. The van der Waals surface area contributed by atoms with Crippen LogP contribution in [0.15, 0.2) is 42.5 Å². The van der Waals surface area contributed by atoms with Crippen molar-refractivity contribution >= 4 is 23.5 Å². The lowest BCUT2D eigenvalue weighted by atomic mass is 10.1. The zero-order valence-corrected chi connectivity index (χ0v) is 14.1. The lowest BCUT2D eigenvalue weighted by molar-refractivity contribution is -0.145. The molecule has 0 bridgehead atoms. The maximum absolute atomic E-state index is 12.4. The molecule has 0 saturated heterocycles. The number of carbonyl (C=O) groups excluding carboxylic acids is 2. The highest BCUT2D eigenvalue weighted by Gasteiger charge is 2.24. The molecule has 2 rings (SSSR count). The highest BCUT2D eigenvalue weighted by molar-refractivity contribution is 6.30. The number of halogens is 1. The topological polar surface area (TPSA) is 75.6 Å². The van der Waals surface area contributed by atoms with E-state index in [0.717, 1.165) is 0 Å². The van der Waals surface area contributed by atoms with E-state index >= 15 is 0 Å². The molecule has 126 valence electrons. The minimum Gasteiger partial charge on any atom is -0.508 e. The Hall–Kier alpha value is -2.53. The van der Waals surface area contributed by atoms with Gasteiger partial charge >= 0.3 is 5.97 Å². The Morgan fingerprint density at radius 1 is 1.21 bits per heavy atom. The Kier molecular flexibility index (Phi) is 5.82. The fourth-order valence-corrected chi connectivity index (χ4v) is 2.25. The number of ether oxygens (including phenoxy) is 1. The summed E-state index contributed by atoms with van der Waals surface area (Å²) in [5, 5.41) is 12.9. The summed E-state index contributed by atoms with van der Waals surface area (Å²) >= 11 is 5.86. The van der Waals surface area contributed by atoms with Crippen LogP contribution in [0.4, 0.5) is 0 Å². The van der Waals surface area contributed by atoms with Crippen LogP contribution < -0.4 is 5.32 Å². The molecule has 1 amide bonds. The number of aromatic hydroxyl groups is 1. The minimum atomic E-state index is -0.960. The van der Waals surface area contributed by atoms with Gasteiger partial charge in [0.15, 0.2) is 6.04 Å². The van der Waals surface area contributed by atoms with E-state index in [2.05, 4.69) is 5.32 Å². The normalized spacial score (nSPS) is 11.6.